The second-order valence-corrected chi connectivity index (χ2v) is 5.31. The molecule has 94 valence electrons. The molecule has 0 saturated carbocycles. The molecule has 1 aromatic rings. The Bertz CT molecular complexity index is 314. The predicted molar refractivity (Wildman–Crippen MR) is 72.6 cm³/mol. The largest absolute Gasteiger partial charge is 0.324 e. The van der Waals surface area contributed by atoms with Gasteiger partial charge in [-0.3, -0.25) is 0 Å². The minimum absolute atomic E-state index is 0.158. The highest BCUT2D eigenvalue weighted by Gasteiger charge is 2.14. The maximum atomic E-state index is 6.15. The number of benzene rings is 1. The zero-order chi connectivity index (χ0) is 11.9. The number of hydrogen-bond donors (Lipinski definition) is 2. The molecule has 0 aromatic heterocycles. The third-order valence-corrected chi connectivity index (χ3v) is 3.89. The Morgan fingerprint density at radius 1 is 1.41 bits per heavy atom. The lowest BCUT2D eigenvalue weighted by Gasteiger charge is -2.22. The summed E-state index contributed by atoms with van der Waals surface area (Å²) >= 11 is 1.56. The van der Waals surface area contributed by atoms with E-state index in [1.165, 1.54) is 5.56 Å². The first-order valence-electron chi connectivity index (χ1n) is 6.18. The Morgan fingerprint density at radius 2 is 2.24 bits per heavy atom. The van der Waals surface area contributed by atoms with Crippen molar-refractivity contribution < 1.29 is 4.18 Å². The van der Waals surface area contributed by atoms with E-state index in [0.29, 0.717) is 5.37 Å². The summed E-state index contributed by atoms with van der Waals surface area (Å²) in [6.45, 7) is 1.77. The van der Waals surface area contributed by atoms with E-state index in [-0.39, 0.29) is 6.04 Å². The predicted octanol–water partition coefficient (Wildman–Crippen LogP) is 2.45. The molecule has 4 heteroatoms. The standard InChI is InChI=1S/C13H20N2OS/c14-12(11-5-2-1-3-6-11)7-4-8-13-15-9-10-16-17-13/h1-3,5-6,12-13,15H,4,7-10,14H2. The Labute approximate surface area is 107 Å². The molecule has 0 aliphatic carbocycles. The number of nitrogens with one attached hydrogen (secondary N) is 1. The first-order valence-corrected chi connectivity index (χ1v) is 6.99. The first-order chi connectivity index (χ1) is 8.36. The summed E-state index contributed by atoms with van der Waals surface area (Å²) < 4.78 is 5.35. The molecule has 0 bridgehead atoms. The average Bonchev–Trinajstić information content (AvgIpc) is 2.41. The third kappa shape index (κ3) is 4.32. The summed E-state index contributed by atoms with van der Waals surface area (Å²) in [7, 11) is 0. The van der Waals surface area contributed by atoms with E-state index >= 15 is 0 Å². The van der Waals surface area contributed by atoms with E-state index in [4.69, 9.17) is 9.92 Å². The lowest BCUT2D eigenvalue weighted by molar-refractivity contribution is 0.325. The molecule has 2 rings (SSSR count). The topological polar surface area (TPSA) is 47.3 Å². The quantitative estimate of drug-likeness (QED) is 0.790. The second kappa shape index (κ2) is 7.01. The zero-order valence-corrected chi connectivity index (χ0v) is 10.8. The van der Waals surface area contributed by atoms with E-state index in [9.17, 15) is 0 Å². The van der Waals surface area contributed by atoms with Crippen LogP contribution in [0.4, 0.5) is 0 Å². The van der Waals surface area contributed by atoms with Crippen LogP contribution >= 0.6 is 12.0 Å². The molecule has 0 spiro atoms. The maximum absolute atomic E-state index is 6.15. The van der Waals surface area contributed by atoms with Gasteiger partial charge >= 0.3 is 0 Å². The molecule has 1 heterocycles. The molecule has 1 aliphatic rings. The van der Waals surface area contributed by atoms with Crippen LogP contribution in [-0.4, -0.2) is 18.5 Å². The van der Waals surface area contributed by atoms with E-state index in [1.54, 1.807) is 12.0 Å². The first kappa shape index (κ1) is 12.9. The van der Waals surface area contributed by atoms with Crippen LogP contribution in [0.2, 0.25) is 0 Å². The Kier molecular flexibility index (Phi) is 5.32. The summed E-state index contributed by atoms with van der Waals surface area (Å²) in [6, 6.07) is 10.5. The normalized spacial score (nSPS) is 22.3. The van der Waals surface area contributed by atoms with Crippen LogP contribution in [0.3, 0.4) is 0 Å². The summed E-state index contributed by atoms with van der Waals surface area (Å²) in [5.41, 5.74) is 7.38. The molecular formula is C13H20N2OS. The molecule has 1 aliphatic heterocycles. The van der Waals surface area contributed by atoms with Crippen LogP contribution in [0.1, 0.15) is 30.9 Å². The van der Waals surface area contributed by atoms with Gasteiger partial charge in [0.05, 0.1) is 12.0 Å². The van der Waals surface area contributed by atoms with Crippen LogP contribution in [0, 0.1) is 0 Å². The van der Waals surface area contributed by atoms with Crippen molar-refractivity contribution in [3.05, 3.63) is 35.9 Å². The fourth-order valence-corrected chi connectivity index (χ4v) is 2.76. The molecule has 17 heavy (non-hydrogen) atoms. The Balaban J connectivity index is 1.67. The van der Waals surface area contributed by atoms with E-state index in [0.717, 1.165) is 32.4 Å². The van der Waals surface area contributed by atoms with Gasteiger partial charge in [-0.1, -0.05) is 30.3 Å². The van der Waals surface area contributed by atoms with Crippen molar-refractivity contribution in [3.8, 4) is 0 Å². The third-order valence-electron chi connectivity index (χ3n) is 2.95. The summed E-state index contributed by atoms with van der Waals surface area (Å²) in [5.74, 6) is 0. The smallest absolute Gasteiger partial charge is 0.0799 e. The van der Waals surface area contributed by atoms with Crippen LogP contribution < -0.4 is 11.1 Å². The molecule has 2 unspecified atom stereocenters. The van der Waals surface area contributed by atoms with Gasteiger partial charge in [0.25, 0.3) is 0 Å². The molecule has 3 nitrogen and oxygen atoms in total. The Hall–Kier alpha value is -0.550. The molecule has 1 saturated heterocycles. The van der Waals surface area contributed by atoms with Crippen molar-refractivity contribution in [2.45, 2.75) is 30.7 Å². The van der Waals surface area contributed by atoms with Crippen LogP contribution in [0.15, 0.2) is 30.3 Å². The highest BCUT2D eigenvalue weighted by Crippen LogP contribution is 2.22. The van der Waals surface area contributed by atoms with Crippen molar-refractivity contribution in [2.24, 2.45) is 5.73 Å². The maximum Gasteiger partial charge on any atom is 0.0799 e. The Morgan fingerprint density at radius 3 is 2.94 bits per heavy atom. The van der Waals surface area contributed by atoms with Crippen LogP contribution in [0.25, 0.3) is 0 Å². The van der Waals surface area contributed by atoms with Crippen molar-refractivity contribution in [1.82, 2.24) is 5.32 Å². The lowest BCUT2D eigenvalue weighted by atomic mass is 10.0. The van der Waals surface area contributed by atoms with Crippen LogP contribution in [-0.2, 0) is 4.18 Å². The molecule has 3 N–H and O–H groups in total. The minimum Gasteiger partial charge on any atom is -0.324 e. The van der Waals surface area contributed by atoms with Gasteiger partial charge in [0.2, 0.25) is 0 Å². The second-order valence-electron chi connectivity index (χ2n) is 4.31. The SMILES string of the molecule is NC(CCCC1NCCOS1)c1ccccc1. The summed E-state index contributed by atoms with van der Waals surface area (Å²) in [6.07, 6.45) is 3.28. The van der Waals surface area contributed by atoms with Gasteiger partial charge in [-0.15, -0.1) is 0 Å². The number of nitrogens with two attached hydrogens (primary N) is 1. The fraction of sp³-hybridized carbons (Fsp3) is 0.538. The molecule has 1 aromatic carbocycles. The molecular weight excluding hydrogens is 232 g/mol. The van der Waals surface area contributed by atoms with Gasteiger partial charge in [-0.25, -0.2) is 0 Å². The van der Waals surface area contributed by atoms with E-state index < -0.39 is 0 Å². The molecule has 1 fully saturated rings. The van der Waals surface area contributed by atoms with E-state index in [2.05, 4.69) is 17.4 Å². The van der Waals surface area contributed by atoms with Crippen molar-refractivity contribution in [3.63, 3.8) is 0 Å². The van der Waals surface area contributed by atoms with Crippen molar-refractivity contribution in [1.29, 1.82) is 0 Å². The van der Waals surface area contributed by atoms with Gasteiger partial charge in [-0.05, 0) is 24.8 Å². The van der Waals surface area contributed by atoms with Gasteiger partial charge in [-0.2, -0.15) is 0 Å². The average molecular weight is 252 g/mol. The summed E-state index contributed by atoms with van der Waals surface area (Å²) in [5, 5.41) is 3.87. The van der Waals surface area contributed by atoms with Crippen molar-refractivity contribution >= 4 is 12.0 Å². The molecule has 0 radical (unpaired) electrons. The highest BCUT2D eigenvalue weighted by atomic mass is 32.2. The van der Waals surface area contributed by atoms with Crippen LogP contribution in [0.5, 0.6) is 0 Å². The van der Waals surface area contributed by atoms with Gasteiger partial charge in [0.1, 0.15) is 0 Å². The van der Waals surface area contributed by atoms with E-state index in [1.807, 2.05) is 18.2 Å². The van der Waals surface area contributed by atoms with Gasteiger partial charge < -0.3 is 15.2 Å². The number of rotatable bonds is 5. The van der Waals surface area contributed by atoms with Crippen molar-refractivity contribution in [2.75, 3.05) is 13.2 Å². The van der Waals surface area contributed by atoms with Gasteiger partial charge in [0.15, 0.2) is 0 Å². The molecule has 2 atom stereocenters. The summed E-state index contributed by atoms with van der Waals surface area (Å²) in [4.78, 5) is 0. The minimum atomic E-state index is 0.158. The molecule has 0 amide bonds. The zero-order valence-electron chi connectivity index (χ0n) is 9.97. The lowest BCUT2D eigenvalue weighted by Crippen LogP contribution is -2.33. The monoisotopic (exact) mass is 252 g/mol. The highest BCUT2D eigenvalue weighted by molar-refractivity contribution is 7.95. The van der Waals surface area contributed by atoms with Gasteiger partial charge in [0, 0.05) is 24.6 Å². The fourth-order valence-electron chi connectivity index (χ4n) is 1.97. The number of hydrogen-bond acceptors (Lipinski definition) is 4.